The molecule has 156 valence electrons. The molecular weight excluding hydrogens is 389 g/mol. The van der Waals surface area contributed by atoms with E-state index in [0.717, 1.165) is 11.3 Å². The fraction of sp³-hybridized carbons (Fsp3) is 0.318. The molecule has 1 fully saturated rings. The summed E-state index contributed by atoms with van der Waals surface area (Å²) in [6, 6.07) is 9.64. The Morgan fingerprint density at radius 3 is 2.70 bits per heavy atom. The number of ether oxygens (including phenoxy) is 1. The molecule has 0 aliphatic carbocycles. The van der Waals surface area contributed by atoms with Gasteiger partial charge in [0, 0.05) is 48.7 Å². The average molecular weight is 411 g/mol. The van der Waals surface area contributed by atoms with Gasteiger partial charge in [0.05, 0.1) is 6.42 Å². The standard InChI is InChI=1S/C22H22FN3O4/c1-13-9-17(5-6-18(13)23)25-7-8-26(14(2)12-25)22(29)21(28)24-16-4-3-15-10-20(27)30-19(15)11-16/h3-6,9,11,14H,7-8,10,12H2,1-2H3,(H,24,28)/t14-/m1/s1. The molecule has 1 saturated heterocycles. The number of fused-ring (bicyclic) bond motifs is 1. The number of anilines is 2. The Balaban J connectivity index is 1.39. The van der Waals surface area contributed by atoms with Crippen LogP contribution in [0.25, 0.3) is 0 Å². The van der Waals surface area contributed by atoms with E-state index in [0.29, 0.717) is 36.6 Å². The number of halogens is 1. The monoisotopic (exact) mass is 411 g/mol. The lowest BCUT2D eigenvalue weighted by Gasteiger charge is -2.40. The molecule has 0 unspecified atom stereocenters. The van der Waals surface area contributed by atoms with Crippen LogP contribution in [0.15, 0.2) is 36.4 Å². The molecule has 0 saturated carbocycles. The number of nitrogens with zero attached hydrogens (tertiary/aromatic N) is 2. The fourth-order valence-corrected chi connectivity index (χ4v) is 3.82. The molecule has 7 nitrogen and oxygen atoms in total. The maximum Gasteiger partial charge on any atom is 0.315 e. The lowest BCUT2D eigenvalue weighted by molar-refractivity contribution is -0.144. The largest absolute Gasteiger partial charge is 0.426 e. The number of carbonyl (C=O) groups excluding carboxylic acids is 3. The smallest absolute Gasteiger partial charge is 0.315 e. The van der Waals surface area contributed by atoms with Crippen LogP contribution in [0.2, 0.25) is 0 Å². The van der Waals surface area contributed by atoms with E-state index in [1.165, 1.54) is 11.0 Å². The van der Waals surface area contributed by atoms with E-state index in [1.807, 2.05) is 6.92 Å². The van der Waals surface area contributed by atoms with E-state index >= 15 is 0 Å². The second-order valence-corrected chi connectivity index (χ2v) is 7.65. The summed E-state index contributed by atoms with van der Waals surface area (Å²) in [5.74, 6) is -1.54. The second kappa shape index (κ2) is 7.78. The molecule has 0 bridgehead atoms. The van der Waals surface area contributed by atoms with Crippen LogP contribution < -0.4 is 15.0 Å². The molecule has 2 aliphatic rings. The second-order valence-electron chi connectivity index (χ2n) is 7.65. The van der Waals surface area contributed by atoms with Crippen LogP contribution in [0, 0.1) is 12.7 Å². The number of hydrogen-bond acceptors (Lipinski definition) is 5. The number of piperazine rings is 1. The SMILES string of the molecule is Cc1cc(N2CCN(C(=O)C(=O)Nc3ccc4c(c3)OC(=O)C4)[C@H](C)C2)ccc1F. The van der Waals surface area contributed by atoms with Gasteiger partial charge < -0.3 is 19.9 Å². The number of benzene rings is 2. The van der Waals surface area contributed by atoms with E-state index < -0.39 is 11.8 Å². The van der Waals surface area contributed by atoms with Gasteiger partial charge in [0.15, 0.2) is 0 Å². The first-order chi connectivity index (χ1) is 14.3. The molecule has 0 spiro atoms. The van der Waals surface area contributed by atoms with E-state index in [2.05, 4.69) is 10.2 Å². The van der Waals surface area contributed by atoms with Crippen molar-refractivity contribution in [2.24, 2.45) is 0 Å². The first kappa shape index (κ1) is 19.9. The third kappa shape index (κ3) is 3.85. The van der Waals surface area contributed by atoms with Gasteiger partial charge in [-0.25, -0.2) is 4.39 Å². The van der Waals surface area contributed by atoms with Crippen LogP contribution in [0.4, 0.5) is 15.8 Å². The van der Waals surface area contributed by atoms with E-state index in [1.54, 1.807) is 37.3 Å². The van der Waals surface area contributed by atoms with Gasteiger partial charge in [-0.05, 0) is 43.7 Å². The first-order valence-electron chi connectivity index (χ1n) is 9.78. The highest BCUT2D eigenvalue weighted by Crippen LogP contribution is 2.29. The fourth-order valence-electron chi connectivity index (χ4n) is 3.82. The van der Waals surface area contributed by atoms with Crippen molar-refractivity contribution >= 4 is 29.2 Å². The summed E-state index contributed by atoms with van der Waals surface area (Å²) in [4.78, 5) is 40.2. The van der Waals surface area contributed by atoms with Gasteiger partial charge in [-0.3, -0.25) is 14.4 Å². The molecule has 2 aromatic rings. The molecular formula is C22H22FN3O4. The molecule has 1 atom stereocenters. The average Bonchev–Trinajstić information content (AvgIpc) is 3.08. The van der Waals surface area contributed by atoms with Crippen LogP contribution in [-0.4, -0.2) is 48.4 Å². The van der Waals surface area contributed by atoms with Gasteiger partial charge in [-0.15, -0.1) is 0 Å². The molecule has 1 N–H and O–H groups in total. The first-order valence-corrected chi connectivity index (χ1v) is 9.78. The minimum atomic E-state index is -0.739. The van der Waals surface area contributed by atoms with Crippen molar-refractivity contribution in [3.8, 4) is 5.75 Å². The zero-order valence-corrected chi connectivity index (χ0v) is 16.8. The van der Waals surface area contributed by atoms with Crippen LogP contribution in [-0.2, 0) is 20.8 Å². The van der Waals surface area contributed by atoms with Gasteiger partial charge in [0.2, 0.25) is 0 Å². The van der Waals surface area contributed by atoms with Crippen LogP contribution >= 0.6 is 0 Å². The van der Waals surface area contributed by atoms with Crippen LogP contribution in [0.3, 0.4) is 0 Å². The summed E-state index contributed by atoms with van der Waals surface area (Å²) >= 11 is 0. The van der Waals surface area contributed by atoms with Crippen LogP contribution in [0.1, 0.15) is 18.1 Å². The van der Waals surface area contributed by atoms with E-state index in [-0.39, 0.29) is 24.2 Å². The Morgan fingerprint density at radius 2 is 1.97 bits per heavy atom. The van der Waals surface area contributed by atoms with Crippen molar-refractivity contribution in [3.05, 3.63) is 53.3 Å². The highest BCUT2D eigenvalue weighted by Gasteiger charge is 2.31. The predicted molar refractivity (Wildman–Crippen MR) is 109 cm³/mol. The molecule has 0 aromatic heterocycles. The maximum absolute atomic E-state index is 13.5. The van der Waals surface area contributed by atoms with Gasteiger partial charge in [-0.1, -0.05) is 6.07 Å². The van der Waals surface area contributed by atoms with Crippen LogP contribution in [0.5, 0.6) is 5.75 Å². The Kier molecular flexibility index (Phi) is 5.15. The third-order valence-corrected chi connectivity index (χ3v) is 5.47. The Labute approximate surface area is 173 Å². The summed E-state index contributed by atoms with van der Waals surface area (Å²) in [6.45, 7) is 5.06. The molecule has 8 heteroatoms. The topological polar surface area (TPSA) is 79.0 Å². The third-order valence-electron chi connectivity index (χ3n) is 5.47. The summed E-state index contributed by atoms with van der Waals surface area (Å²) in [5.41, 5.74) is 2.61. The molecule has 2 amide bonds. The van der Waals surface area contributed by atoms with Gasteiger partial charge in [0.25, 0.3) is 0 Å². The van der Waals surface area contributed by atoms with Crippen molar-refractivity contribution in [1.82, 2.24) is 4.90 Å². The Morgan fingerprint density at radius 1 is 1.17 bits per heavy atom. The number of amides is 2. The molecule has 2 aromatic carbocycles. The van der Waals surface area contributed by atoms with Gasteiger partial charge in [-0.2, -0.15) is 0 Å². The van der Waals surface area contributed by atoms with Gasteiger partial charge in [0.1, 0.15) is 11.6 Å². The van der Waals surface area contributed by atoms with Crippen molar-refractivity contribution < 1.29 is 23.5 Å². The minimum Gasteiger partial charge on any atom is -0.426 e. The highest BCUT2D eigenvalue weighted by atomic mass is 19.1. The molecule has 2 heterocycles. The number of aryl methyl sites for hydroxylation is 1. The zero-order valence-electron chi connectivity index (χ0n) is 16.8. The minimum absolute atomic E-state index is 0.191. The zero-order chi connectivity index (χ0) is 21.4. The molecule has 4 rings (SSSR count). The van der Waals surface area contributed by atoms with Crippen molar-refractivity contribution in [1.29, 1.82) is 0 Å². The number of nitrogens with one attached hydrogen (secondary N) is 1. The summed E-state index contributed by atoms with van der Waals surface area (Å²) in [6.07, 6.45) is 0.206. The normalized spacial score (nSPS) is 18.1. The van der Waals surface area contributed by atoms with Crippen molar-refractivity contribution in [3.63, 3.8) is 0 Å². The van der Waals surface area contributed by atoms with Gasteiger partial charge >= 0.3 is 17.8 Å². The lowest BCUT2D eigenvalue weighted by Crippen LogP contribution is -2.56. The summed E-state index contributed by atoms with van der Waals surface area (Å²) in [5, 5.41) is 2.58. The Bertz CT molecular complexity index is 1040. The van der Waals surface area contributed by atoms with E-state index in [9.17, 15) is 18.8 Å². The van der Waals surface area contributed by atoms with E-state index in [4.69, 9.17) is 4.74 Å². The summed E-state index contributed by atoms with van der Waals surface area (Å²) in [7, 11) is 0. The number of carbonyl (C=O) groups is 3. The van der Waals surface area contributed by atoms with Crippen molar-refractivity contribution in [2.75, 3.05) is 29.9 Å². The maximum atomic E-state index is 13.5. The lowest BCUT2D eigenvalue weighted by atomic mass is 10.1. The predicted octanol–water partition coefficient (Wildman–Crippen LogP) is 2.27. The number of esters is 1. The molecule has 30 heavy (non-hydrogen) atoms. The summed E-state index contributed by atoms with van der Waals surface area (Å²) < 4.78 is 18.6. The Hall–Kier alpha value is -3.42. The quantitative estimate of drug-likeness (QED) is 0.466. The molecule has 2 aliphatic heterocycles. The number of hydrogen-bond donors (Lipinski definition) is 1. The molecule has 0 radical (unpaired) electrons. The highest BCUT2D eigenvalue weighted by molar-refractivity contribution is 6.39. The number of rotatable bonds is 2. The van der Waals surface area contributed by atoms with Crippen molar-refractivity contribution in [2.45, 2.75) is 26.3 Å².